The molecule has 5 heteroatoms. The predicted molar refractivity (Wildman–Crippen MR) is 93.0 cm³/mol. The van der Waals surface area contributed by atoms with Crippen LogP contribution in [0.2, 0.25) is 0 Å². The topological polar surface area (TPSA) is 37.0 Å². The van der Waals surface area contributed by atoms with Crippen molar-refractivity contribution in [3.8, 4) is 0 Å². The maximum atomic E-state index is 5.92. The molecule has 0 amide bonds. The van der Waals surface area contributed by atoms with Crippen molar-refractivity contribution >= 4 is 0 Å². The SMILES string of the molecule is CC1(C)CCCC(C)(C)N1ONON1C(C)(C)CCCC1(C)C. The summed E-state index contributed by atoms with van der Waals surface area (Å²) in [5.74, 6) is 0. The van der Waals surface area contributed by atoms with Crippen LogP contribution >= 0.6 is 0 Å². The Labute approximate surface area is 142 Å². The van der Waals surface area contributed by atoms with E-state index < -0.39 is 0 Å². The molecule has 0 aromatic heterocycles. The summed E-state index contributed by atoms with van der Waals surface area (Å²) in [6, 6.07) is 0. The van der Waals surface area contributed by atoms with E-state index in [-0.39, 0.29) is 22.2 Å². The van der Waals surface area contributed by atoms with E-state index in [1.165, 1.54) is 12.8 Å². The molecule has 0 aliphatic carbocycles. The summed E-state index contributed by atoms with van der Waals surface area (Å²) in [5.41, 5.74) is 2.76. The average Bonchev–Trinajstić information content (AvgIpc) is 2.33. The molecule has 0 unspecified atom stereocenters. The lowest BCUT2D eigenvalue weighted by atomic mass is 9.82. The Morgan fingerprint density at radius 3 is 1.09 bits per heavy atom. The highest BCUT2D eigenvalue weighted by atomic mass is 17.0. The second kappa shape index (κ2) is 6.26. The van der Waals surface area contributed by atoms with E-state index in [9.17, 15) is 0 Å². The smallest absolute Gasteiger partial charge is 0.0432 e. The van der Waals surface area contributed by atoms with Crippen LogP contribution in [-0.4, -0.2) is 32.3 Å². The van der Waals surface area contributed by atoms with Crippen LogP contribution in [0.3, 0.4) is 0 Å². The quantitative estimate of drug-likeness (QED) is 0.777. The summed E-state index contributed by atoms with van der Waals surface area (Å²) in [6.45, 7) is 17.8. The Kier molecular flexibility index (Phi) is 5.21. The molecule has 2 rings (SSSR count). The second-order valence-corrected chi connectivity index (χ2v) is 9.81. The van der Waals surface area contributed by atoms with Crippen molar-refractivity contribution in [3.63, 3.8) is 0 Å². The third kappa shape index (κ3) is 4.07. The van der Waals surface area contributed by atoms with Crippen molar-refractivity contribution in [2.24, 2.45) is 0 Å². The van der Waals surface area contributed by atoms with E-state index in [2.05, 4.69) is 71.2 Å². The molecule has 136 valence electrons. The summed E-state index contributed by atoms with van der Waals surface area (Å²) < 4.78 is 0. The first kappa shape index (κ1) is 19.1. The van der Waals surface area contributed by atoms with Gasteiger partial charge in [0.1, 0.15) is 0 Å². The van der Waals surface area contributed by atoms with Gasteiger partial charge in [-0.05, 0) is 99.6 Å². The lowest BCUT2D eigenvalue weighted by molar-refractivity contribution is -0.442. The van der Waals surface area contributed by atoms with Crippen LogP contribution in [0.25, 0.3) is 0 Å². The predicted octanol–water partition coefficient (Wildman–Crippen LogP) is 4.36. The van der Waals surface area contributed by atoms with Crippen molar-refractivity contribution in [2.45, 2.75) is 116 Å². The molecular formula is C18H37N3O2. The molecule has 0 saturated carbocycles. The number of hydrogen-bond donors (Lipinski definition) is 1. The van der Waals surface area contributed by atoms with E-state index in [0.717, 1.165) is 25.7 Å². The van der Waals surface area contributed by atoms with Gasteiger partial charge in [0.05, 0.1) is 0 Å². The normalized spacial score (nSPS) is 30.3. The third-order valence-corrected chi connectivity index (χ3v) is 5.61. The molecule has 2 aliphatic heterocycles. The fourth-order valence-electron chi connectivity index (χ4n) is 4.54. The number of hydrogen-bond acceptors (Lipinski definition) is 5. The third-order valence-electron chi connectivity index (χ3n) is 5.61. The van der Waals surface area contributed by atoms with Crippen molar-refractivity contribution in [1.82, 2.24) is 15.8 Å². The number of nitrogens with zero attached hydrogens (tertiary/aromatic N) is 2. The Hall–Kier alpha value is -0.200. The minimum Gasteiger partial charge on any atom is -0.183 e. The van der Waals surface area contributed by atoms with Gasteiger partial charge in [0.15, 0.2) is 0 Å². The van der Waals surface area contributed by atoms with Crippen LogP contribution in [0.15, 0.2) is 0 Å². The first-order valence-electron chi connectivity index (χ1n) is 9.08. The molecule has 0 spiro atoms. The van der Waals surface area contributed by atoms with Gasteiger partial charge in [-0.25, -0.2) is 0 Å². The minimum absolute atomic E-state index is 0.00889. The first-order chi connectivity index (χ1) is 10.4. The minimum atomic E-state index is -0.00889. The van der Waals surface area contributed by atoms with Crippen molar-refractivity contribution < 1.29 is 9.88 Å². The maximum Gasteiger partial charge on any atom is 0.0432 e. The molecule has 2 saturated heterocycles. The largest absolute Gasteiger partial charge is 0.183 e. The van der Waals surface area contributed by atoms with E-state index in [4.69, 9.17) is 9.88 Å². The summed E-state index contributed by atoms with van der Waals surface area (Å²) in [6.07, 6.45) is 6.95. The number of rotatable bonds is 4. The molecule has 0 aromatic rings. The van der Waals surface area contributed by atoms with Crippen LogP contribution in [0.5, 0.6) is 0 Å². The summed E-state index contributed by atoms with van der Waals surface area (Å²) in [5, 5.41) is 4.13. The highest BCUT2D eigenvalue weighted by Gasteiger charge is 2.45. The van der Waals surface area contributed by atoms with E-state index in [1.54, 1.807) is 0 Å². The highest BCUT2D eigenvalue weighted by Crippen LogP contribution is 2.39. The molecule has 5 nitrogen and oxygen atoms in total. The van der Waals surface area contributed by atoms with Crippen LogP contribution in [0, 0.1) is 0 Å². The van der Waals surface area contributed by atoms with E-state index >= 15 is 0 Å². The number of piperidine rings is 2. The average molecular weight is 328 g/mol. The zero-order chi connectivity index (χ0) is 17.5. The van der Waals surface area contributed by atoms with Crippen LogP contribution < -0.4 is 5.64 Å². The van der Waals surface area contributed by atoms with Gasteiger partial charge in [0.25, 0.3) is 0 Å². The van der Waals surface area contributed by atoms with Gasteiger partial charge in [-0.3, -0.25) is 0 Å². The van der Waals surface area contributed by atoms with Crippen molar-refractivity contribution in [3.05, 3.63) is 0 Å². The van der Waals surface area contributed by atoms with Crippen LogP contribution in [0.4, 0.5) is 0 Å². The molecule has 23 heavy (non-hydrogen) atoms. The maximum absolute atomic E-state index is 5.92. The van der Waals surface area contributed by atoms with Gasteiger partial charge in [-0.2, -0.15) is 20.0 Å². The lowest BCUT2D eigenvalue weighted by Crippen LogP contribution is -2.63. The van der Waals surface area contributed by atoms with E-state index in [1.807, 2.05) is 0 Å². The van der Waals surface area contributed by atoms with E-state index in [0.29, 0.717) is 0 Å². The molecule has 1 N–H and O–H groups in total. The van der Waals surface area contributed by atoms with Crippen molar-refractivity contribution in [2.75, 3.05) is 0 Å². The van der Waals surface area contributed by atoms with Gasteiger partial charge in [0.2, 0.25) is 0 Å². The molecule has 2 heterocycles. The molecule has 2 aliphatic rings. The zero-order valence-electron chi connectivity index (χ0n) is 16.5. The fourth-order valence-corrected chi connectivity index (χ4v) is 4.54. The van der Waals surface area contributed by atoms with Gasteiger partial charge >= 0.3 is 0 Å². The van der Waals surface area contributed by atoms with Crippen molar-refractivity contribution in [1.29, 1.82) is 0 Å². The highest BCUT2D eigenvalue weighted by molar-refractivity contribution is 4.93. The molecule has 2 fully saturated rings. The molecule has 0 bridgehead atoms. The molecule has 0 atom stereocenters. The molecule has 0 aromatic carbocycles. The van der Waals surface area contributed by atoms with Crippen LogP contribution in [-0.2, 0) is 9.88 Å². The second-order valence-electron chi connectivity index (χ2n) is 9.81. The Bertz CT molecular complexity index is 348. The van der Waals surface area contributed by atoms with Gasteiger partial charge in [-0.1, -0.05) is 0 Å². The molecular weight excluding hydrogens is 290 g/mol. The standard InChI is InChI=1S/C18H37N3O2/c1-15(2)11-9-12-16(3,4)20(15)22-19-23-21-17(5,6)13-10-14-18(21,7)8/h19H,9-14H2,1-8H3. The fraction of sp³-hybridized carbons (Fsp3) is 1.00. The Morgan fingerprint density at radius 1 is 0.565 bits per heavy atom. The summed E-state index contributed by atoms with van der Waals surface area (Å²) in [7, 11) is 0. The lowest BCUT2D eigenvalue weighted by Gasteiger charge is -2.52. The summed E-state index contributed by atoms with van der Waals surface area (Å²) in [4.78, 5) is 11.8. The van der Waals surface area contributed by atoms with Gasteiger partial charge in [0, 0.05) is 22.2 Å². The van der Waals surface area contributed by atoms with Gasteiger partial charge < -0.3 is 0 Å². The van der Waals surface area contributed by atoms with Gasteiger partial charge in [-0.15, -0.1) is 0 Å². The number of hydroxylamine groups is 4. The zero-order valence-corrected chi connectivity index (χ0v) is 16.5. The molecule has 0 radical (unpaired) electrons. The van der Waals surface area contributed by atoms with Crippen LogP contribution in [0.1, 0.15) is 93.9 Å². The Balaban J connectivity index is 2.00. The Morgan fingerprint density at radius 2 is 0.826 bits per heavy atom. The first-order valence-corrected chi connectivity index (χ1v) is 9.08. The monoisotopic (exact) mass is 327 g/mol. The number of nitrogens with one attached hydrogen (secondary N) is 1. The summed E-state index contributed by atoms with van der Waals surface area (Å²) >= 11 is 0.